The zero-order chi connectivity index (χ0) is 13.9. The lowest BCUT2D eigenvalue weighted by atomic mass is 10.0. The van der Waals surface area contributed by atoms with E-state index in [2.05, 4.69) is 26.7 Å². The first kappa shape index (κ1) is 18.4. The van der Waals surface area contributed by atoms with Crippen LogP contribution < -0.4 is 10.6 Å². The second-order valence-corrected chi connectivity index (χ2v) is 4.91. The Balaban J connectivity index is 0.00000121. The molecule has 2 aromatic rings. The van der Waals surface area contributed by atoms with E-state index in [0.29, 0.717) is 5.69 Å². The van der Waals surface area contributed by atoms with Crippen LogP contribution in [0.25, 0.3) is 0 Å². The largest absolute Gasteiger partial charge is 0.321 e. The first-order valence-corrected chi connectivity index (χ1v) is 6.65. The summed E-state index contributed by atoms with van der Waals surface area (Å²) in [6, 6.07) is 6.03. The van der Waals surface area contributed by atoms with Gasteiger partial charge in [-0.15, -0.1) is 24.8 Å². The van der Waals surface area contributed by atoms with E-state index in [1.807, 2.05) is 19.1 Å². The lowest BCUT2D eigenvalue weighted by Gasteiger charge is -2.18. The number of benzene rings is 1. The summed E-state index contributed by atoms with van der Waals surface area (Å²) in [6.45, 7) is 3.70. The Morgan fingerprint density at radius 3 is 2.73 bits per heavy atom. The first-order valence-electron chi connectivity index (χ1n) is 6.65. The molecule has 3 rings (SSSR count). The maximum absolute atomic E-state index is 12.1. The van der Waals surface area contributed by atoms with E-state index in [1.54, 1.807) is 6.20 Å². The second-order valence-electron chi connectivity index (χ2n) is 4.91. The maximum Gasteiger partial charge on any atom is 0.275 e. The van der Waals surface area contributed by atoms with Gasteiger partial charge < -0.3 is 10.6 Å². The van der Waals surface area contributed by atoms with Gasteiger partial charge in [0.2, 0.25) is 0 Å². The minimum Gasteiger partial charge on any atom is -0.321 e. The van der Waals surface area contributed by atoms with Crippen molar-refractivity contribution in [3.8, 4) is 0 Å². The molecule has 118 valence electrons. The van der Waals surface area contributed by atoms with Gasteiger partial charge in [0.25, 0.3) is 5.91 Å². The summed E-state index contributed by atoms with van der Waals surface area (Å²) in [6.07, 6.45) is 4.11. The van der Waals surface area contributed by atoms with Crippen LogP contribution in [0.4, 0.5) is 5.69 Å². The number of hydrogen-bond donors (Lipinski definition) is 2. The van der Waals surface area contributed by atoms with Crippen molar-refractivity contribution in [2.24, 2.45) is 0 Å². The molecule has 7 heteroatoms. The molecule has 0 radical (unpaired) electrons. The zero-order valence-corrected chi connectivity index (χ0v) is 13.8. The smallest absolute Gasteiger partial charge is 0.275 e. The number of nitrogens with zero attached hydrogens (tertiary/aromatic N) is 2. The number of aromatic nitrogens is 2. The van der Waals surface area contributed by atoms with Gasteiger partial charge in [-0.25, -0.2) is 4.98 Å². The van der Waals surface area contributed by atoms with Crippen molar-refractivity contribution in [2.75, 3.05) is 11.9 Å². The number of aryl methyl sites for hydroxylation is 1. The Morgan fingerprint density at radius 1 is 1.18 bits per heavy atom. The Hall–Kier alpha value is -1.69. The number of carbonyl (C=O) groups is 1. The van der Waals surface area contributed by atoms with Crippen molar-refractivity contribution < 1.29 is 4.79 Å². The molecule has 1 aliphatic rings. The van der Waals surface area contributed by atoms with Gasteiger partial charge in [0.1, 0.15) is 5.69 Å². The van der Waals surface area contributed by atoms with Crippen LogP contribution in [0.5, 0.6) is 0 Å². The van der Waals surface area contributed by atoms with Gasteiger partial charge in [0.05, 0.1) is 11.9 Å². The molecular weight excluding hydrogens is 323 g/mol. The molecular formula is C15H18Cl2N4O. The van der Waals surface area contributed by atoms with Gasteiger partial charge >= 0.3 is 0 Å². The number of hydrogen-bond acceptors (Lipinski definition) is 4. The average molecular weight is 341 g/mol. The molecule has 0 fully saturated rings. The maximum atomic E-state index is 12.1. The van der Waals surface area contributed by atoms with Gasteiger partial charge in [-0.1, -0.05) is 6.07 Å². The quantitative estimate of drug-likeness (QED) is 0.881. The summed E-state index contributed by atoms with van der Waals surface area (Å²) >= 11 is 0. The van der Waals surface area contributed by atoms with Gasteiger partial charge in [-0.2, -0.15) is 0 Å². The Kier molecular flexibility index (Phi) is 6.74. The third-order valence-corrected chi connectivity index (χ3v) is 3.36. The predicted molar refractivity (Wildman–Crippen MR) is 91.1 cm³/mol. The topological polar surface area (TPSA) is 66.9 Å². The van der Waals surface area contributed by atoms with Gasteiger partial charge in [0.15, 0.2) is 0 Å². The van der Waals surface area contributed by atoms with Crippen molar-refractivity contribution >= 4 is 36.4 Å². The van der Waals surface area contributed by atoms with Crippen LogP contribution in [0.3, 0.4) is 0 Å². The molecule has 2 N–H and O–H groups in total. The van der Waals surface area contributed by atoms with E-state index in [0.717, 1.165) is 30.9 Å². The minimum absolute atomic E-state index is 0. The molecule has 1 aliphatic heterocycles. The number of anilines is 1. The van der Waals surface area contributed by atoms with Crippen LogP contribution in [-0.2, 0) is 13.0 Å². The van der Waals surface area contributed by atoms with Gasteiger partial charge in [-0.3, -0.25) is 9.78 Å². The number of fused-ring (bicyclic) bond motifs is 1. The lowest BCUT2D eigenvalue weighted by Crippen LogP contribution is -2.23. The SMILES string of the molecule is Cc1cnc(C(=O)Nc2ccc3c(c2)CNCC3)cn1.Cl.Cl. The van der Waals surface area contributed by atoms with Crippen LogP contribution >= 0.6 is 24.8 Å². The number of carbonyl (C=O) groups excluding carboxylic acids is 1. The second kappa shape index (κ2) is 8.08. The van der Waals surface area contributed by atoms with E-state index in [9.17, 15) is 4.79 Å². The summed E-state index contributed by atoms with van der Waals surface area (Å²) in [7, 11) is 0. The summed E-state index contributed by atoms with van der Waals surface area (Å²) in [5, 5.41) is 6.18. The molecule has 0 unspecified atom stereocenters. The molecule has 1 aromatic carbocycles. The fourth-order valence-electron chi connectivity index (χ4n) is 2.26. The summed E-state index contributed by atoms with van der Waals surface area (Å²) in [4.78, 5) is 20.2. The molecule has 0 saturated carbocycles. The van der Waals surface area contributed by atoms with Crippen LogP contribution in [0, 0.1) is 6.92 Å². The van der Waals surface area contributed by atoms with Crippen molar-refractivity contribution in [1.82, 2.24) is 15.3 Å². The Morgan fingerprint density at radius 2 is 2.00 bits per heavy atom. The van der Waals surface area contributed by atoms with E-state index in [1.165, 1.54) is 17.3 Å². The highest BCUT2D eigenvalue weighted by atomic mass is 35.5. The fourth-order valence-corrected chi connectivity index (χ4v) is 2.26. The summed E-state index contributed by atoms with van der Waals surface area (Å²) in [5.74, 6) is -0.235. The van der Waals surface area contributed by atoms with Crippen molar-refractivity contribution in [3.05, 3.63) is 53.1 Å². The molecule has 1 amide bonds. The lowest BCUT2D eigenvalue weighted by molar-refractivity contribution is 0.102. The van der Waals surface area contributed by atoms with Gasteiger partial charge in [0, 0.05) is 18.4 Å². The van der Waals surface area contributed by atoms with Crippen LogP contribution in [0.1, 0.15) is 27.3 Å². The third-order valence-electron chi connectivity index (χ3n) is 3.36. The van der Waals surface area contributed by atoms with Crippen LogP contribution in [0.2, 0.25) is 0 Å². The normalized spacial score (nSPS) is 12.4. The highest BCUT2D eigenvalue weighted by Crippen LogP contribution is 2.19. The fraction of sp³-hybridized carbons (Fsp3) is 0.267. The molecule has 0 spiro atoms. The monoisotopic (exact) mass is 340 g/mol. The standard InChI is InChI=1S/C15H16N4O.2ClH/c1-10-7-18-14(9-17-10)15(20)19-13-3-2-11-4-5-16-8-12(11)6-13;;/h2-3,6-7,9,16H,4-5,8H2,1H3,(H,19,20);2*1H. The molecule has 5 nitrogen and oxygen atoms in total. The van der Waals surface area contributed by atoms with Crippen molar-refractivity contribution in [3.63, 3.8) is 0 Å². The van der Waals surface area contributed by atoms with E-state index < -0.39 is 0 Å². The van der Waals surface area contributed by atoms with Crippen LogP contribution in [-0.4, -0.2) is 22.4 Å². The first-order chi connectivity index (χ1) is 9.72. The molecule has 22 heavy (non-hydrogen) atoms. The third kappa shape index (κ3) is 4.16. The minimum atomic E-state index is -0.235. The molecule has 2 heterocycles. The number of amides is 1. The number of nitrogens with one attached hydrogen (secondary N) is 2. The Bertz CT molecular complexity index is 646. The molecule has 0 aliphatic carbocycles. The highest BCUT2D eigenvalue weighted by molar-refractivity contribution is 6.02. The molecule has 0 bridgehead atoms. The number of halogens is 2. The summed E-state index contributed by atoms with van der Waals surface area (Å²) in [5.41, 5.74) is 4.49. The Labute approximate surface area is 141 Å². The zero-order valence-electron chi connectivity index (χ0n) is 12.1. The van der Waals surface area contributed by atoms with Crippen molar-refractivity contribution in [1.29, 1.82) is 0 Å². The van der Waals surface area contributed by atoms with E-state index >= 15 is 0 Å². The summed E-state index contributed by atoms with van der Waals surface area (Å²) < 4.78 is 0. The van der Waals surface area contributed by atoms with Gasteiger partial charge in [-0.05, 0) is 43.1 Å². The molecule has 0 atom stereocenters. The number of rotatable bonds is 2. The van der Waals surface area contributed by atoms with E-state index in [4.69, 9.17) is 0 Å². The van der Waals surface area contributed by atoms with Crippen molar-refractivity contribution in [2.45, 2.75) is 19.9 Å². The predicted octanol–water partition coefficient (Wildman–Crippen LogP) is 2.53. The van der Waals surface area contributed by atoms with E-state index in [-0.39, 0.29) is 30.7 Å². The molecule has 0 saturated heterocycles. The highest BCUT2D eigenvalue weighted by Gasteiger charge is 2.11. The van der Waals surface area contributed by atoms with Crippen LogP contribution in [0.15, 0.2) is 30.6 Å². The average Bonchev–Trinajstić information content (AvgIpc) is 2.48. The molecule has 1 aromatic heterocycles.